The van der Waals surface area contributed by atoms with Crippen LogP contribution in [-0.2, 0) is 13.0 Å². The number of nitrogens with zero attached hydrogens (tertiary/aromatic N) is 4. The summed E-state index contributed by atoms with van der Waals surface area (Å²) >= 11 is 1.80. The van der Waals surface area contributed by atoms with Crippen LogP contribution >= 0.6 is 35.7 Å². The molecule has 1 saturated heterocycles. The molecule has 9 heteroatoms. The third-order valence-corrected chi connectivity index (χ3v) is 5.43. The first-order valence-corrected chi connectivity index (χ1v) is 8.91. The lowest BCUT2D eigenvalue weighted by Crippen LogP contribution is -2.51. The van der Waals surface area contributed by atoms with E-state index in [4.69, 9.17) is 0 Å². The Morgan fingerprint density at radius 2 is 2.39 bits per heavy atom. The van der Waals surface area contributed by atoms with E-state index in [2.05, 4.69) is 25.7 Å². The quantitative estimate of drug-likeness (QED) is 0.353. The van der Waals surface area contributed by atoms with E-state index in [-0.39, 0.29) is 30.0 Å². The molecule has 3 heterocycles. The van der Waals surface area contributed by atoms with E-state index < -0.39 is 5.60 Å². The maximum Gasteiger partial charge on any atom is 0.191 e. The molecule has 3 N–H and O–H groups in total. The highest BCUT2D eigenvalue weighted by molar-refractivity contribution is 14.0. The molecule has 3 rings (SSSR count). The third kappa shape index (κ3) is 4.72. The van der Waals surface area contributed by atoms with Crippen LogP contribution in [0.1, 0.15) is 24.5 Å². The van der Waals surface area contributed by atoms with Crippen LogP contribution in [0.5, 0.6) is 0 Å². The second-order valence-corrected chi connectivity index (χ2v) is 7.20. The van der Waals surface area contributed by atoms with E-state index in [0.717, 1.165) is 54.9 Å². The molecule has 1 fully saturated rings. The lowest BCUT2D eigenvalue weighted by molar-refractivity contribution is 0.0723. The number of guanidine groups is 1. The van der Waals surface area contributed by atoms with Crippen LogP contribution in [0.25, 0.3) is 0 Å². The van der Waals surface area contributed by atoms with Crippen LogP contribution in [0.15, 0.2) is 4.99 Å². The maximum absolute atomic E-state index is 10.4. The molecule has 0 amide bonds. The second-order valence-electron chi connectivity index (χ2n) is 6.09. The number of fused-ring (bicyclic) bond motifs is 1. The summed E-state index contributed by atoms with van der Waals surface area (Å²) in [6.07, 6.45) is 2.78. The summed E-state index contributed by atoms with van der Waals surface area (Å²) in [4.78, 5) is 8.69. The van der Waals surface area contributed by atoms with Crippen molar-refractivity contribution in [2.75, 3.05) is 25.1 Å². The van der Waals surface area contributed by atoms with Crippen molar-refractivity contribution in [2.45, 2.75) is 44.4 Å². The molecule has 2 unspecified atom stereocenters. The van der Waals surface area contributed by atoms with Crippen LogP contribution in [-0.4, -0.2) is 62.6 Å². The summed E-state index contributed by atoms with van der Waals surface area (Å²) < 4.78 is 1.98. The topological polar surface area (TPSA) is 87.4 Å². The molecule has 2 atom stereocenters. The summed E-state index contributed by atoms with van der Waals surface area (Å²) in [6, 6.07) is 0.285. The zero-order chi connectivity index (χ0) is 15.6. The standard InChI is InChI=1S/C14H24N6OS.HI/c1-10-17-12-4-3-11(7-20(12)19-10)18-13(15-2)16-8-14(21)5-6-22-9-14;/h11,21H,3-9H2,1-2H3,(H2,15,16,18);1H. The molecule has 130 valence electrons. The van der Waals surface area contributed by atoms with Crippen molar-refractivity contribution in [1.82, 2.24) is 25.4 Å². The van der Waals surface area contributed by atoms with E-state index in [1.54, 1.807) is 18.8 Å². The van der Waals surface area contributed by atoms with E-state index in [0.29, 0.717) is 6.54 Å². The van der Waals surface area contributed by atoms with Crippen molar-refractivity contribution >= 4 is 41.7 Å². The Hall–Kier alpha value is -0.550. The third-order valence-electron chi connectivity index (χ3n) is 4.20. The van der Waals surface area contributed by atoms with Gasteiger partial charge in [-0.2, -0.15) is 16.9 Å². The zero-order valence-corrected chi connectivity index (χ0v) is 16.7. The number of aliphatic imine (C=N–C) groups is 1. The van der Waals surface area contributed by atoms with Crippen LogP contribution in [0.3, 0.4) is 0 Å². The molecule has 1 aromatic rings. The summed E-state index contributed by atoms with van der Waals surface area (Å²) in [5.41, 5.74) is -0.606. The highest BCUT2D eigenvalue weighted by Crippen LogP contribution is 2.26. The minimum Gasteiger partial charge on any atom is -0.387 e. The van der Waals surface area contributed by atoms with Gasteiger partial charge < -0.3 is 15.7 Å². The average molecular weight is 452 g/mol. The number of hydrogen-bond acceptors (Lipinski definition) is 5. The highest BCUT2D eigenvalue weighted by atomic mass is 127. The van der Waals surface area contributed by atoms with Gasteiger partial charge in [0, 0.05) is 31.8 Å². The summed E-state index contributed by atoms with van der Waals surface area (Å²) in [5, 5.41) is 21.5. The van der Waals surface area contributed by atoms with Crippen LogP contribution in [0.4, 0.5) is 0 Å². The van der Waals surface area contributed by atoms with Crippen LogP contribution in [0.2, 0.25) is 0 Å². The number of aliphatic hydroxyl groups is 1. The Balaban J connectivity index is 0.00000192. The summed E-state index contributed by atoms with van der Waals surface area (Å²) in [7, 11) is 1.76. The number of thioether (sulfide) groups is 1. The largest absolute Gasteiger partial charge is 0.387 e. The number of hydrogen-bond donors (Lipinski definition) is 3. The molecular formula is C14H25IN6OS. The molecule has 23 heavy (non-hydrogen) atoms. The monoisotopic (exact) mass is 452 g/mol. The van der Waals surface area contributed by atoms with Crippen molar-refractivity contribution in [3.05, 3.63) is 11.6 Å². The van der Waals surface area contributed by atoms with Gasteiger partial charge in [-0.05, 0) is 25.5 Å². The van der Waals surface area contributed by atoms with Gasteiger partial charge in [-0.25, -0.2) is 9.67 Å². The Morgan fingerprint density at radius 3 is 3.09 bits per heavy atom. The predicted octanol–water partition coefficient (Wildman–Crippen LogP) is 0.552. The number of aryl methyl sites for hydroxylation is 2. The molecule has 0 saturated carbocycles. The van der Waals surface area contributed by atoms with Crippen molar-refractivity contribution in [3.8, 4) is 0 Å². The number of rotatable bonds is 3. The lowest BCUT2D eigenvalue weighted by atomic mass is 10.0. The molecule has 0 aliphatic carbocycles. The smallest absolute Gasteiger partial charge is 0.191 e. The highest BCUT2D eigenvalue weighted by Gasteiger charge is 2.32. The minimum absolute atomic E-state index is 0. The van der Waals surface area contributed by atoms with Crippen molar-refractivity contribution in [3.63, 3.8) is 0 Å². The van der Waals surface area contributed by atoms with Gasteiger partial charge in [-0.15, -0.1) is 24.0 Å². The lowest BCUT2D eigenvalue weighted by Gasteiger charge is -2.27. The van der Waals surface area contributed by atoms with E-state index in [9.17, 15) is 5.11 Å². The average Bonchev–Trinajstić information content (AvgIpc) is 3.08. The van der Waals surface area contributed by atoms with E-state index in [1.807, 2.05) is 11.6 Å². The van der Waals surface area contributed by atoms with Gasteiger partial charge in [0.2, 0.25) is 0 Å². The van der Waals surface area contributed by atoms with Gasteiger partial charge in [-0.1, -0.05) is 0 Å². The molecule has 2 aliphatic heterocycles. The van der Waals surface area contributed by atoms with Crippen LogP contribution in [0, 0.1) is 6.92 Å². The maximum atomic E-state index is 10.4. The number of nitrogens with one attached hydrogen (secondary N) is 2. The van der Waals surface area contributed by atoms with Crippen molar-refractivity contribution < 1.29 is 5.11 Å². The molecule has 2 aliphatic rings. The first-order chi connectivity index (χ1) is 10.6. The normalized spacial score (nSPS) is 27.3. The molecule has 7 nitrogen and oxygen atoms in total. The molecule has 0 bridgehead atoms. The summed E-state index contributed by atoms with van der Waals surface area (Å²) in [5.74, 6) is 4.47. The Kier molecular flexibility index (Phi) is 6.55. The predicted molar refractivity (Wildman–Crippen MR) is 104 cm³/mol. The number of halogens is 1. The molecule has 1 aromatic heterocycles. The summed E-state index contributed by atoms with van der Waals surface area (Å²) in [6.45, 7) is 3.27. The molecule has 0 aromatic carbocycles. The second kappa shape index (κ2) is 8.02. The minimum atomic E-state index is -0.606. The molecule has 0 spiro atoms. The Labute approximate surface area is 158 Å². The fraction of sp³-hybridized carbons (Fsp3) is 0.786. The SMILES string of the molecule is CN=C(NCC1(O)CCSC1)NC1CCc2nc(C)nn2C1.I. The first kappa shape index (κ1) is 18.8. The number of aromatic nitrogens is 3. The van der Waals surface area contributed by atoms with E-state index in [1.165, 1.54) is 0 Å². The fourth-order valence-corrected chi connectivity index (χ4v) is 4.22. The molecule has 0 radical (unpaired) electrons. The molecular weight excluding hydrogens is 427 g/mol. The van der Waals surface area contributed by atoms with E-state index >= 15 is 0 Å². The van der Waals surface area contributed by atoms with Crippen molar-refractivity contribution in [2.24, 2.45) is 4.99 Å². The Bertz CT molecular complexity index is 557. The van der Waals surface area contributed by atoms with Gasteiger partial charge >= 0.3 is 0 Å². The van der Waals surface area contributed by atoms with Gasteiger partial charge in [0.1, 0.15) is 11.6 Å². The fourth-order valence-electron chi connectivity index (χ4n) is 2.92. The van der Waals surface area contributed by atoms with Crippen molar-refractivity contribution in [1.29, 1.82) is 0 Å². The van der Waals surface area contributed by atoms with Crippen LogP contribution < -0.4 is 10.6 Å². The first-order valence-electron chi connectivity index (χ1n) is 7.76. The Morgan fingerprint density at radius 1 is 1.57 bits per heavy atom. The van der Waals surface area contributed by atoms with Gasteiger partial charge in [-0.3, -0.25) is 4.99 Å². The van der Waals surface area contributed by atoms with Gasteiger partial charge in [0.15, 0.2) is 5.96 Å². The van der Waals surface area contributed by atoms with Gasteiger partial charge in [0.25, 0.3) is 0 Å². The van der Waals surface area contributed by atoms with Gasteiger partial charge in [0.05, 0.1) is 12.1 Å². The zero-order valence-electron chi connectivity index (χ0n) is 13.6.